The van der Waals surface area contributed by atoms with E-state index in [1.165, 1.54) is 5.56 Å². The smallest absolute Gasteiger partial charge is 0.147 e. The van der Waals surface area contributed by atoms with Crippen LogP contribution in [0.25, 0.3) is 11.0 Å². The number of allylic oxidation sites excluding steroid dienone is 1. The van der Waals surface area contributed by atoms with Gasteiger partial charge in [-0.1, -0.05) is 19.9 Å². The van der Waals surface area contributed by atoms with Crippen molar-refractivity contribution in [1.82, 2.24) is 14.5 Å². The fourth-order valence-electron chi connectivity index (χ4n) is 4.04. The molecule has 0 radical (unpaired) electrons. The molecule has 1 N–H and O–H groups in total. The molecule has 2 aromatic heterocycles. The van der Waals surface area contributed by atoms with Crippen LogP contribution in [0.2, 0.25) is 0 Å². The average Bonchev–Trinajstić information content (AvgIpc) is 2.88. The van der Waals surface area contributed by atoms with E-state index in [0.717, 1.165) is 23.3 Å². The summed E-state index contributed by atoms with van der Waals surface area (Å²) in [6.45, 7) is 6.44. The van der Waals surface area contributed by atoms with Crippen LogP contribution in [-0.4, -0.2) is 33.9 Å². The Labute approximate surface area is 135 Å². The maximum absolute atomic E-state index is 6.26. The molecular weight excluding hydrogens is 292 g/mol. The predicted octanol–water partition coefficient (Wildman–Crippen LogP) is 2.87. The van der Waals surface area contributed by atoms with Gasteiger partial charge < -0.3 is 19.4 Å². The highest BCUT2D eigenvalue weighted by Crippen LogP contribution is 2.47. The molecule has 3 atom stereocenters. The van der Waals surface area contributed by atoms with Crippen LogP contribution in [0.1, 0.15) is 32.6 Å². The van der Waals surface area contributed by atoms with Gasteiger partial charge in [0.2, 0.25) is 0 Å². The summed E-state index contributed by atoms with van der Waals surface area (Å²) < 4.78 is 14.1. The Morgan fingerprint density at radius 1 is 1.39 bits per heavy atom. The lowest BCUT2D eigenvalue weighted by Crippen LogP contribution is -2.35. The van der Waals surface area contributed by atoms with E-state index in [1.807, 2.05) is 6.20 Å². The van der Waals surface area contributed by atoms with Crippen molar-refractivity contribution < 1.29 is 9.47 Å². The Balaban J connectivity index is 1.89. The average molecular weight is 314 g/mol. The van der Waals surface area contributed by atoms with E-state index in [4.69, 9.17) is 9.47 Å². The van der Waals surface area contributed by atoms with Gasteiger partial charge in [0, 0.05) is 18.7 Å². The quantitative estimate of drug-likeness (QED) is 0.923. The molecule has 0 unspecified atom stereocenters. The Hall–Kier alpha value is -1.92. The van der Waals surface area contributed by atoms with Crippen LogP contribution in [0, 0.1) is 5.41 Å². The number of ether oxygens (including phenoxy) is 2. The molecule has 0 aromatic carbocycles. The zero-order valence-corrected chi connectivity index (χ0v) is 13.9. The number of hydrogen-bond donors (Lipinski definition) is 1. The van der Waals surface area contributed by atoms with Crippen LogP contribution in [0.4, 0.5) is 5.82 Å². The number of aromatic nitrogens is 3. The number of methoxy groups -OCH3 is 1. The van der Waals surface area contributed by atoms with E-state index in [2.05, 4.69) is 52.9 Å². The van der Waals surface area contributed by atoms with E-state index in [1.54, 1.807) is 13.4 Å². The molecule has 4 rings (SSSR count). The summed E-state index contributed by atoms with van der Waals surface area (Å²) in [7, 11) is 1.75. The molecular formula is C17H22N4O2. The number of hydrogen-bond acceptors (Lipinski definition) is 5. The maximum atomic E-state index is 6.26. The van der Waals surface area contributed by atoms with Crippen molar-refractivity contribution in [3.63, 3.8) is 0 Å². The molecule has 23 heavy (non-hydrogen) atoms. The van der Waals surface area contributed by atoms with Gasteiger partial charge in [-0.2, -0.15) is 0 Å². The molecule has 0 saturated carbocycles. The molecule has 122 valence electrons. The van der Waals surface area contributed by atoms with Crippen molar-refractivity contribution in [2.75, 3.05) is 12.4 Å². The molecule has 1 saturated heterocycles. The summed E-state index contributed by atoms with van der Waals surface area (Å²) in [6, 6.07) is 0. The highest BCUT2D eigenvalue weighted by molar-refractivity contribution is 5.92. The largest absolute Gasteiger partial charge is 0.378 e. The summed E-state index contributed by atoms with van der Waals surface area (Å²) in [6.07, 6.45) is 8.60. The highest BCUT2D eigenvalue weighted by atomic mass is 16.6. The SMILES string of the molecule is CO[C@@H]1[C@@H](C)O[C@@H](n2cc3c4c(ncnc42)NC=CC3)C1(C)C. The molecule has 2 aliphatic rings. The third-order valence-electron chi connectivity index (χ3n) is 5.01. The second-order valence-corrected chi connectivity index (χ2v) is 6.90. The normalized spacial score (nSPS) is 28.8. The first-order valence-electron chi connectivity index (χ1n) is 7.98. The highest BCUT2D eigenvalue weighted by Gasteiger charge is 2.50. The van der Waals surface area contributed by atoms with Gasteiger partial charge >= 0.3 is 0 Å². The summed E-state index contributed by atoms with van der Waals surface area (Å²) >= 11 is 0. The summed E-state index contributed by atoms with van der Waals surface area (Å²) in [5.74, 6) is 0.852. The van der Waals surface area contributed by atoms with Crippen LogP contribution >= 0.6 is 0 Å². The van der Waals surface area contributed by atoms with Gasteiger partial charge in [0.25, 0.3) is 0 Å². The van der Waals surface area contributed by atoms with Gasteiger partial charge in [-0.15, -0.1) is 0 Å². The molecule has 0 spiro atoms. The first-order valence-corrected chi connectivity index (χ1v) is 7.98. The molecule has 0 aliphatic carbocycles. The lowest BCUT2D eigenvalue weighted by molar-refractivity contribution is -0.0227. The van der Waals surface area contributed by atoms with Crippen LogP contribution < -0.4 is 5.32 Å². The number of rotatable bonds is 2. The van der Waals surface area contributed by atoms with Crippen LogP contribution in [0.3, 0.4) is 0 Å². The standard InChI is InChI=1S/C17H22N4O2/c1-10-13(22-4)17(2,3)16(23-10)21-8-11-6-5-7-18-14-12(11)15(21)20-9-19-14/h5,7-10,13,16H,6H2,1-4H3,(H,18,19,20)/t10-,13-,16-/m1/s1. The minimum atomic E-state index is -0.157. The Morgan fingerprint density at radius 2 is 2.22 bits per heavy atom. The zero-order chi connectivity index (χ0) is 16.2. The molecule has 6 nitrogen and oxygen atoms in total. The van der Waals surface area contributed by atoms with Crippen molar-refractivity contribution in [2.24, 2.45) is 5.41 Å². The fourth-order valence-corrected chi connectivity index (χ4v) is 4.04. The lowest BCUT2D eigenvalue weighted by atomic mass is 9.84. The maximum Gasteiger partial charge on any atom is 0.147 e. The van der Waals surface area contributed by atoms with E-state index in [9.17, 15) is 0 Å². The van der Waals surface area contributed by atoms with Crippen LogP contribution in [-0.2, 0) is 15.9 Å². The first-order chi connectivity index (χ1) is 11.0. The number of nitrogens with one attached hydrogen (secondary N) is 1. The third-order valence-corrected chi connectivity index (χ3v) is 5.01. The van der Waals surface area contributed by atoms with E-state index < -0.39 is 0 Å². The third kappa shape index (κ3) is 2.01. The molecule has 4 heterocycles. The van der Waals surface area contributed by atoms with Crippen LogP contribution in [0.5, 0.6) is 0 Å². The molecule has 2 aliphatic heterocycles. The molecule has 2 aromatic rings. The summed E-state index contributed by atoms with van der Waals surface area (Å²) in [4.78, 5) is 8.90. The van der Waals surface area contributed by atoms with Crippen molar-refractivity contribution >= 4 is 16.9 Å². The van der Waals surface area contributed by atoms with Gasteiger partial charge in [0.1, 0.15) is 24.0 Å². The molecule has 1 fully saturated rings. The van der Waals surface area contributed by atoms with Crippen molar-refractivity contribution in [3.05, 3.63) is 30.4 Å². The summed E-state index contributed by atoms with van der Waals surface area (Å²) in [5, 5.41) is 4.31. The van der Waals surface area contributed by atoms with E-state index >= 15 is 0 Å². The number of nitrogens with zero attached hydrogens (tertiary/aromatic N) is 3. The second-order valence-electron chi connectivity index (χ2n) is 6.90. The first kappa shape index (κ1) is 14.7. The van der Waals surface area contributed by atoms with Crippen molar-refractivity contribution in [1.29, 1.82) is 0 Å². The predicted molar refractivity (Wildman–Crippen MR) is 88.2 cm³/mol. The Morgan fingerprint density at radius 3 is 2.96 bits per heavy atom. The second kappa shape index (κ2) is 5.04. The van der Waals surface area contributed by atoms with Gasteiger partial charge in [-0.25, -0.2) is 9.97 Å². The lowest BCUT2D eigenvalue weighted by Gasteiger charge is -2.31. The Kier molecular flexibility index (Phi) is 3.21. The molecule has 0 bridgehead atoms. The zero-order valence-electron chi connectivity index (χ0n) is 13.9. The van der Waals surface area contributed by atoms with Gasteiger partial charge in [0.05, 0.1) is 17.6 Å². The minimum Gasteiger partial charge on any atom is -0.378 e. The van der Waals surface area contributed by atoms with Gasteiger partial charge in [-0.05, 0) is 25.1 Å². The summed E-state index contributed by atoms with van der Waals surface area (Å²) in [5.41, 5.74) is 1.96. The van der Waals surface area contributed by atoms with Crippen molar-refractivity contribution in [2.45, 2.75) is 45.6 Å². The van der Waals surface area contributed by atoms with Crippen molar-refractivity contribution in [3.8, 4) is 0 Å². The molecule has 6 heteroatoms. The molecule has 0 amide bonds. The van der Waals surface area contributed by atoms with E-state index in [0.29, 0.717) is 0 Å². The fraction of sp³-hybridized carbons (Fsp3) is 0.529. The van der Waals surface area contributed by atoms with E-state index in [-0.39, 0.29) is 23.9 Å². The minimum absolute atomic E-state index is 0.0353. The topological polar surface area (TPSA) is 61.2 Å². The Bertz CT molecular complexity index is 780. The van der Waals surface area contributed by atoms with Crippen LogP contribution in [0.15, 0.2) is 24.8 Å². The van der Waals surface area contributed by atoms with Gasteiger partial charge in [-0.3, -0.25) is 0 Å². The monoisotopic (exact) mass is 314 g/mol. The number of anilines is 1. The van der Waals surface area contributed by atoms with Gasteiger partial charge in [0.15, 0.2) is 0 Å².